The molecule has 1 aromatic carbocycles. The van der Waals surface area contributed by atoms with Gasteiger partial charge in [-0.1, -0.05) is 6.07 Å². The van der Waals surface area contributed by atoms with E-state index in [9.17, 15) is 12.8 Å². The quantitative estimate of drug-likeness (QED) is 0.825. The van der Waals surface area contributed by atoms with E-state index in [0.29, 0.717) is 38.5 Å². The minimum atomic E-state index is -3.69. The van der Waals surface area contributed by atoms with Crippen molar-refractivity contribution in [3.05, 3.63) is 48.5 Å². The summed E-state index contributed by atoms with van der Waals surface area (Å²) in [4.78, 5) is 10.4. The molecule has 0 radical (unpaired) electrons. The first-order valence-corrected chi connectivity index (χ1v) is 9.65. The summed E-state index contributed by atoms with van der Waals surface area (Å²) in [6, 6.07) is 6.92. The highest BCUT2D eigenvalue weighted by molar-refractivity contribution is 7.93. The molecule has 0 spiro atoms. The molecule has 25 heavy (non-hydrogen) atoms. The largest absolute Gasteiger partial charge is 0.373 e. The third kappa shape index (κ3) is 2.79. The number of halogens is 1. The van der Waals surface area contributed by atoms with E-state index < -0.39 is 26.5 Å². The fraction of sp³-hybridized carbons (Fsp3) is 0.412. The average Bonchev–Trinajstić information content (AvgIpc) is 3.45. The van der Waals surface area contributed by atoms with Crippen LogP contribution in [0.5, 0.6) is 0 Å². The smallest absolute Gasteiger partial charge is 0.225 e. The summed E-state index contributed by atoms with van der Waals surface area (Å²) in [5, 5.41) is 0. The van der Waals surface area contributed by atoms with E-state index >= 15 is 0 Å². The van der Waals surface area contributed by atoms with Gasteiger partial charge in [0.1, 0.15) is 10.6 Å². The summed E-state index contributed by atoms with van der Waals surface area (Å²) in [6.45, 7) is 1.42. The summed E-state index contributed by atoms with van der Waals surface area (Å²) in [6.07, 6.45) is 3.85. The zero-order valence-electron chi connectivity index (χ0n) is 13.5. The Morgan fingerprint density at radius 3 is 2.64 bits per heavy atom. The minimum absolute atomic E-state index is 0.0154. The minimum Gasteiger partial charge on any atom is -0.373 e. The highest BCUT2D eigenvalue weighted by atomic mass is 32.2. The first-order chi connectivity index (χ1) is 12.0. The molecule has 2 aliphatic rings. The van der Waals surface area contributed by atoms with E-state index in [1.165, 1.54) is 18.2 Å². The predicted octanol–water partition coefficient (Wildman–Crippen LogP) is 1.83. The average molecular weight is 363 g/mol. The van der Waals surface area contributed by atoms with Crippen molar-refractivity contribution in [3.63, 3.8) is 0 Å². The van der Waals surface area contributed by atoms with Crippen molar-refractivity contribution < 1.29 is 17.5 Å². The molecule has 8 heteroatoms. The van der Waals surface area contributed by atoms with Gasteiger partial charge in [-0.05, 0) is 37.1 Å². The van der Waals surface area contributed by atoms with Crippen molar-refractivity contribution in [2.75, 3.05) is 24.6 Å². The fourth-order valence-electron chi connectivity index (χ4n) is 3.36. The van der Waals surface area contributed by atoms with E-state index in [4.69, 9.17) is 4.74 Å². The summed E-state index contributed by atoms with van der Waals surface area (Å²) < 4.78 is 44.6. The molecule has 132 valence electrons. The second-order valence-electron chi connectivity index (χ2n) is 6.38. The Hall–Kier alpha value is -2.06. The molecule has 1 saturated carbocycles. The van der Waals surface area contributed by atoms with E-state index in [1.54, 1.807) is 18.5 Å². The lowest BCUT2D eigenvalue weighted by Crippen LogP contribution is -2.52. The van der Waals surface area contributed by atoms with Crippen molar-refractivity contribution in [3.8, 4) is 0 Å². The number of anilines is 1. The number of rotatable bonds is 4. The zero-order chi connectivity index (χ0) is 17.5. The highest BCUT2D eigenvalue weighted by Gasteiger charge is 2.61. The van der Waals surface area contributed by atoms with Crippen LogP contribution in [0.25, 0.3) is 0 Å². The van der Waals surface area contributed by atoms with Crippen molar-refractivity contribution in [1.82, 2.24) is 9.97 Å². The maximum atomic E-state index is 13.5. The SMILES string of the molecule is O=S(=O)(c1cccc(F)c1)C1(C2CN(c3ncccn3)CCO2)CC1. The first-order valence-electron chi connectivity index (χ1n) is 8.17. The molecule has 0 amide bonds. The summed E-state index contributed by atoms with van der Waals surface area (Å²) in [5.41, 5.74) is 0. The maximum Gasteiger partial charge on any atom is 0.225 e. The van der Waals surface area contributed by atoms with Crippen LogP contribution in [0.2, 0.25) is 0 Å². The molecule has 1 aliphatic carbocycles. The molecule has 1 saturated heterocycles. The maximum absolute atomic E-state index is 13.5. The van der Waals surface area contributed by atoms with E-state index in [2.05, 4.69) is 9.97 Å². The van der Waals surface area contributed by atoms with Crippen LogP contribution in [0.4, 0.5) is 10.3 Å². The topological polar surface area (TPSA) is 72.4 Å². The van der Waals surface area contributed by atoms with Gasteiger partial charge in [-0.15, -0.1) is 0 Å². The molecule has 0 N–H and O–H groups in total. The Labute approximate surface area is 145 Å². The van der Waals surface area contributed by atoms with Gasteiger partial charge in [-0.25, -0.2) is 22.8 Å². The van der Waals surface area contributed by atoms with Gasteiger partial charge in [0, 0.05) is 25.5 Å². The van der Waals surface area contributed by atoms with Crippen LogP contribution < -0.4 is 4.90 Å². The summed E-state index contributed by atoms with van der Waals surface area (Å²) in [7, 11) is -3.69. The van der Waals surface area contributed by atoms with Crippen LogP contribution in [-0.4, -0.2) is 48.9 Å². The molecular formula is C17H18FN3O3S. The van der Waals surface area contributed by atoms with Crippen molar-refractivity contribution >= 4 is 15.8 Å². The zero-order valence-corrected chi connectivity index (χ0v) is 14.3. The van der Waals surface area contributed by atoms with Gasteiger partial charge >= 0.3 is 0 Å². The molecule has 2 fully saturated rings. The molecule has 2 heterocycles. The van der Waals surface area contributed by atoms with Gasteiger partial charge < -0.3 is 9.64 Å². The monoisotopic (exact) mass is 363 g/mol. The lowest BCUT2D eigenvalue weighted by atomic mass is 10.2. The standard InChI is InChI=1S/C17H18FN3O3S/c18-13-3-1-4-14(11-13)25(22,23)17(5-6-17)15-12-21(9-10-24-15)16-19-7-2-8-20-16/h1-4,7-8,11,15H,5-6,9-10,12H2. The fourth-order valence-corrected chi connectivity index (χ4v) is 5.48. The Balaban J connectivity index is 1.62. The molecule has 1 unspecified atom stereocenters. The van der Waals surface area contributed by atoms with Gasteiger partial charge in [-0.2, -0.15) is 0 Å². The lowest BCUT2D eigenvalue weighted by molar-refractivity contribution is 0.0321. The van der Waals surface area contributed by atoms with Gasteiger partial charge in [0.05, 0.1) is 17.6 Å². The molecule has 0 bridgehead atoms. The molecule has 2 aromatic rings. The third-order valence-corrected chi connectivity index (χ3v) is 7.49. The number of nitrogens with zero attached hydrogens (tertiary/aromatic N) is 3. The van der Waals surface area contributed by atoms with Gasteiger partial charge in [-0.3, -0.25) is 0 Å². The first kappa shape index (κ1) is 16.4. The molecular weight excluding hydrogens is 345 g/mol. The van der Waals surface area contributed by atoms with E-state index in [1.807, 2.05) is 4.90 Å². The van der Waals surface area contributed by atoms with Crippen LogP contribution >= 0.6 is 0 Å². The van der Waals surface area contributed by atoms with Crippen LogP contribution in [0, 0.1) is 5.82 Å². The number of benzene rings is 1. The second kappa shape index (κ2) is 6.03. The predicted molar refractivity (Wildman–Crippen MR) is 89.5 cm³/mol. The number of ether oxygens (including phenoxy) is 1. The Kier molecular flexibility index (Phi) is 3.96. The summed E-state index contributed by atoms with van der Waals surface area (Å²) in [5.74, 6) is 0.00973. The van der Waals surface area contributed by atoms with Gasteiger partial charge in [0.25, 0.3) is 0 Å². The van der Waals surface area contributed by atoms with Crippen molar-refractivity contribution in [2.24, 2.45) is 0 Å². The van der Waals surface area contributed by atoms with Crippen molar-refractivity contribution in [2.45, 2.75) is 28.6 Å². The van der Waals surface area contributed by atoms with E-state index in [-0.39, 0.29) is 4.90 Å². The lowest BCUT2D eigenvalue weighted by Gasteiger charge is -2.37. The number of sulfone groups is 1. The van der Waals surface area contributed by atoms with E-state index in [0.717, 1.165) is 6.07 Å². The Morgan fingerprint density at radius 2 is 1.96 bits per heavy atom. The van der Waals surface area contributed by atoms with Gasteiger partial charge in [0.15, 0.2) is 9.84 Å². The number of aromatic nitrogens is 2. The van der Waals surface area contributed by atoms with Crippen LogP contribution in [0.1, 0.15) is 12.8 Å². The highest BCUT2D eigenvalue weighted by Crippen LogP contribution is 2.51. The molecule has 6 nitrogen and oxygen atoms in total. The van der Waals surface area contributed by atoms with Crippen molar-refractivity contribution in [1.29, 1.82) is 0 Å². The number of morpholine rings is 1. The summed E-state index contributed by atoms with van der Waals surface area (Å²) >= 11 is 0. The third-order valence-electron chi connectivity index (χ3n) is 4.87. The van der Waals surface area contributed by atoms with Crippen LogP contribution in [-0.2, 0) is 14.6 Å². The number of hydrogen-bond donors (Lipinski definition) is 0. The second-order valence-corrected chi connectivity index (χ2v) is 8.67. The molecule has 4 rings (SSSR count). The van der Waals surface area contributed by atoms with Gasteiger partial charge in [0.2, 0.25) is 5.95 Å². The Morgan fingerprint density at radius 1 is 1.20 bits per heavy atom. The Bertz CT molecular complexity index is 872. The normalized spacial score (nSPS) is 22.6. The molecule has 1 aliphatic heterocycles. The molecule has 1 aromatic heterocycles. The number of hydrogen-bond acceptors (Lipinski definition) is 6. The van der Waals surface area contributed by atoms with Crippen LogP contribution in [0.3, 0.4) is 0 Å². The molecule has 1 atom stereocenters. The van der Waals surface area contributed by atoms with Crippen LogP contribution in [0.15, 0.2) is 47.6 Å².